The number of nitrogens with zero attached hydrogens (tertiary/aromatic N) is 8. The average molecular weight is 621 g/mol. The normalized spacial score (nSPS) is 16.5. The lowest BCUT2D eigenvalue weighted by molar-refractivity contribution is -0.116. The van der Waals surface area contributed by atoms with Crippen LogP contribution in [0.2, 0.25) is 0 Å². The van der Waals surface area contributed by atoms with Crippen molar-refractivity contribution in [1.29, 1.82) is 0 Å². The highest BCUT2D eigenvalue weighted by Crippen LogP contribution is 2.39. The van der Waals surface area contributed by atoms with Crippen LogP contribution in [-0.2, 0) is 28.9 Å². The van der Waals surface area contributed by atoms with E-state index in [1.54, 1.807) is 0 Å². The first-order chi connectivity index (χ1) is 20.7. The number of hydrogen-bond acceptors (Lipinski definition) is 12. The first-order valence-electron chi connectivity index (χ1n) is 14.2. The third kappa shape index (κ3) is 8.51. The van der Waals surface area contributed by atoms with Gasteiger partial charge in [0.05, 0.1) is 24.2 Å². The molecular weight excluding hydrogens is 585 g/mol. The minimum absolute atomic E-state index is 0.162. The van der Waals surface area contributed by atoms with Crippen LogP contribution < -0.4 is 20.4 Å². The van der Waals surface area contributed by atoms with E-state index < -0.39 is 0 Å². The molecule has 0 aliphatic heterocycles. The Labute approximate surface area is 259 Å². The van der Waals surface area contributed by atoms with E-state index in [4.69, 9.17) is 0 Å². The molecule has 0 saturated heterocycles. The van der Waals surface area contributed by atoms with Gasteiger partial charge >= 0.3 is 0 Å². The van der Waals surface area contributed by atoms with Crippen LogP contribution in [0.3, 0.4) is 0 Å². The highest BCUT2D eigenvalue weighted by molar-refractivity contribution is 7.15. The maximum Gasteiger partial charge on any atom is 0.232 e. The molecule has 0 bridgehead atoms. The Morgan fingerprint density at radius 2 is 1.37 bits per heavy atom. The zero-order valence-electron chi connectivity index (χ0n) is 24.8. The predicted molar refractivity (Wildman–Crippen MR) is 170 cm³/mol. The molecule has 2 N–H and O–H groups in total. The Hall–Kier alpha value is -4.04. The van der Waals surface area contributed by atoms with Crippen LogP contribution in [0.1, 0.15) is 53.0 Å². The van der Waals surface area contributed by atoms with Crippen LogP contribution in [0.5, 0.6) is 0 Å². The molecule has 12 nitrogen and oxygen atoms in total. The van der Waals surface area contributed by atoms with Gasteiger partial charge in [-0.05, 0) is 49.4 Å². The van der Waals surface area contributed by atoms with Gasteiger partial charge in [-0.3, -0.25) is 9.59 Å². The van der Waals surface area contributed by atoms with Crippen LogP contribution in [0.25, 0.3) is 0 Å². The first kappa shape index (κ1) is 30.4. The second kappa shape index (κ2) is 14.0. The van der Waals surface area contributed by atoms with Crippen LogP contribution in [-0.4, -0.2) is 70.4 Å². The summed E-state index contributed by atoms with van der Waals surface area (Å²) in [5.41, 5.74) is 1.41. The number of nitrogens with one attached hydrogen (secondary N) is 2. The van der Waals surface area contributed by atoms with E-state index in [9.17, 15) is 9.59 Å². The molecule has 2 unspecified atom stereocenters. The number of carbonyl (C=O) groups excluding carboxylic acids is 2. The standard InChI is InChI=1S/C29H36N10O2S2/c1-38(2)22-12-6-10-20(30-22)16-24(40)32-28-36-34-26(42-28)15-18-8-5-9-19(14-18)27-35-37-29(43-27)33-25(41)17-21-11-7-13-23(31-21)39(3)4/h6-7,10-13,18-19H,5,8-9,14-17H2,1-4H3,(H,32,36,40)(H,33,37,41). The van der Waals surface area contributed by atoms with E-state index in [2.05, 4.69) is 41.0 Å². The lowest BCUT2D eigenvalue weighted by Gasteiger charge is -2.26. The summed E-state index contributed by atoms with van der Waals surface area (Å²) in [5.74, 6) is 2.02. The second-order valence-electron chi connectivity index (χ2n) is 11.1. The summed E-state index contributed by atoms with van der Waals surface area (Å²) in [7, 11) is 7.67. The van der Waals surface area contributed by atoms with Crippen LogP contribution in [0.15, 0.2) is 36.4 Å². The molecule has 1 aliphatic rings. The van der Waals surface area contributed by atoms with Crippen LogP contribution >= 0.6 is 22.7 Å². The molecule has 43 heavy (non-hydrogen) atoms. The SMILES string of the molecule is CN(C)c1cccc(CC(=O)Nc2nnc(CC3CCCC(c4nnc(NC(=O)Cc5cccc(N(C)C)n5)s4)C3)s2)n1. The zero-order valence-corrected chi connectivity index (χ0v) is 26.4. The predicted octanol–water partition coefficient (Wildman–Crippen LogP) is 4.19. The molecule has 1 fully saturated rings. The van der Waals surface area contributed by atoms with Gasteiger partial charge in [-0.1, -0.05) is 41.2 Å². The number of hydrogen-bond donors (Lipinski definition) is 2. The molecule has 4 heterocycles. The van der Waals surface area contributed by atoms with Gasteiger partial charge < -0.3 is 20.4 Å². The summed E-state index contributed by atoms with van der Waals surface area (Å²) in [6, 6.07) is 11.3. The monoisotopic (exact) mass is 620 g/mol. The highest BCUT2D eigenvalue weighted by atomic mass is 32.1. The number of pyridine rings is 2. The van der Waals surface area contributed by atoms with Crippen molar-refractivity contribution >= 4 is 56.4 Å². The van der Waals surface area contributed by atoms with Crippen molar-refractivity contribution in [2.45, 2.75) is 50.9 Å². The molecule has 226 valence electrons. The van der Waals surface area contributed by atoms with Crippen molar-refractivity contribution in [2.24, 2.45) is 5.92 Å². The van der Waals surface area contributed by atoms with Crippen LogP contribution in [0.4, 0.5) is 21.9 Å². The molecule has 14 heteroatoms. The Morgan fingerprint density at radius 1 is 0.791 bits per heavy atom. The quantitative estimate of drug-likeness (QED) is 0.251. The summed E-state index contributed by atoms with van der Waals surface area (Å²) in [6.45, 7) is 0. The molecule has 0 radical (unpaired) electrons. The van der Waals surface area contributed by atoms with Crippen molar-refractivity contribution in [3.05, 3.63) is 57.8 Å². The average Bonchev–Trinajstić information content (AvgIpc) is 3.62. The van der Waals surface area contributed by atoms with Crippen LogP contribution in [0, 0.1) is 5.92 Å². The van der Waals surface area contributed by atoms with E-state index >= 15 is 0 Å². The van der Waals surface area contributed by atoms with E-state index in [-0.39, 0.29) is 30.6 Å². The fourth-order valence-electron chi connectivity index (χ4n) is 5.07. The lowest BCUT2D eigenvalue weighted by Crippen LogP contribution is -2.17. The van der Waals surface area contributed by atoms with Gasteiger partial charge in [-0.15, -0.1) is 20.4 Å². The van der Waals surface area contributed by atoms with Crippen molar-refractivity contribution in [3.63, 3.8) is 0 Å². The van der Waals surface area contributed by atoms with Crippen molar-refractivity contribution < 1.29 is 9.59 Å². The Bertz CT molecular complexity index is 1550. The summed E-state index contributed by atoms with van der Waals surface area (Å²) in [5, 5.41) is 25.8. The van der Waals surface area contributed by atoms with Gasteiger partial charge in [-0.2, -0.15) is 0 Å². The first-order valence-corrected chi connectivity index (χ1v) is 15.9. The number of anilines is 4. The molecule has 0 spiro atoms. The van der Waals surface area contributed by atoms with Gasteiger partial charge in [0.15, 0.2) is 0 Å². The Morgan fingerprint density at radius 3 is 1.98 bits per heavy atom. The van der Waals surface area contributed by atoms with E-state index in [0.717, 1.165) is 53.8 Å². The fraction of sp³-hybridized carbons (Fsp3) is 0.448. The number of amides is 2. The van der Waals surface area contributed by atoms with Gasteiger partial charge in [-0.25, -0.2) is 9.97 Å². The minimum atomic E-state index is -0.165. The van der Waals surface area contributed by atoms with Crippen molar-refractivity contribution in [3.8, 4) is 0 Å². The molecule has 4 aromatic heterocycles. The lowest BCUT2D eigenvalue weighted by atomic mass is 9.80. The fourth-order valence-corrected chi connectivity index (χ4v) is 6.85. The molecule has 1 aliphatic carbocycles. The number of carbonyl (C=O) groups is 2. The largest absolute Gasteiger partial charge is 0.363 e. The maximum atomic E-state index is 12.6. The molecule has 0 aromatic carbocycles. The van der Waals surface area contributed by atoms with Gasteiger partial charge in [0.2, 0.25) is 22.1 Å². The third-order valence-electron chi connectivity index (χ3n) is 7.18. The van der Waals surface area contributed by atoms with Gasteiger partial charge in [0.25, 0.3) is 0 Å². The molecule has 5 rings (SSSR count). The number of aromatic nitrogens is 6. The van der Waals surface area contributed by atoms with Gasteiger partial charge in [0.1, 0.15) is 21.7 Å². The Kier molecular flexibility index (Phi) is 9.87. The number of rotatable bonds is 11. The zero-order chi connectivity index (χ0) is 30.3. The Balaban J connectivity index is 1.11. The second-order valence-corrected chi connectivity index (χ2v) is 13.2. The van der Waals surface area contributed by atoms with E-state index in [0.29, 0.717) is 27.6 Å². The van der Waals surface area contributed by atoms with Crippen molar-refractivity contribution in [1.82, 2.24) is 30.4 Å². The topological polar surface area (TPSA) is 142 Å². The summed E-state index contributed by atoms with van der Waals surface area (Å²) in [4.78, 5) is 38.1. The van der Waals surface area contributed by atoms with E-state index in [1.807, 2.05) is 74.4 Å². The molecule has 4 aromatic rings. The molecular formula is C29H36N10O2S2. The summed E-state index contributed by atoms with van der Waals surface area (Å²) < 4.78 is 0. The summed E-state index contributed by atoms with van der Waals surface area (Å²) >= 11 is 2.87. The van der Waals surface area contributed by atoms with Gasteiger partial charge in [0, 0.05) is 40.5 Å². The molecule has 1 saturated carbocycles. The summed E-state index contributed by atoms with van der Waals surface area (Å²) in [6.07, 6.45) is 5.36. The smallest absolute Gasteiger partial charge is 0.232 e. The van der Waals surface area contributed by atoms with E-state index in [1.165, 1.54) is 22.7 Å². The highest BCUT2D eigenvalue weighted by Gasteiger charge is 2.27. The molecule has 2 amide bonds. The molecule has 2 atom stereocenters. The minimum Gasteiger partial charge on any atom is -0.363 e. The van der Waals surface area contributed by atoms with Crippen molar-refractivity contribution in [2.75, 3.05) is 48.6 Å². The third-order valence-corrected chi connectivity index (χ3v) is 9.04. The maximum absolute atomic E-state index is 12.6.